The van der Waals surface area contributed by atoms with Gasteiger partial charge in [-0.15, -0.1) is 0 Å². The summed E-state index contributed by atoms with van der Waals surface area (Å²) < 4.78 is 5.49. The molecule has 1 heterocycles. The van der Waals surface area contributed by atoms with Gasteiger partial charge in [0.05, 0.1) is 0 Å². The van der Waals surface area contributed by atoms with E-state index in [0.717, 1.165) is 18.4 Å². The first-order valence-corrected chi connectivity index (χ1v) is 10.1. The van der Waals surface area contributed by atoms with Crippen molar-refractivity contribution in [2.75, 3.05) is 20.6 Å². The second-order valence-electron chi connectivity index (χ2n) is 7.97. The van der Waals surface area contributed by atoms with Crippen molar-refractivity contribution in [3.8, 4) is 11.3 Å². The summed E-state index contributed by atoms with van der Waals surface area (Å²) in [6, 6.07) is 18.3. The van der Waals surface area contributed by atoms with Crippen molar-refractivity contribution in [3.05, 3.63) is 77.0 Å². The molecule has 1 aliphatic rings. The van der Waals surface area contributed by atoms with Gasteiger partial charge in [-0.2, -0.15) is 0 Å². The Hall–Kier alpha value is -2.92. The normalized spacial score (nSPS) is 14.8. The van der Waals surface area contributed by atoms with Gasteiger partial charge in [0.25, 0.3) is 5.91 Å². The minimum absolute atomic E-state index is 0.126. The van der Waals surface area contributed by atoms with Crippen molar-refractivity contribution in [2.45, 2.75) is 31.7 Å². The number of carbonyl (C=O) groups excluding carboxylic acids is 1. The molecule has 0 fully saturated rings. The average Bonchev–Trinajstić information content (AvgIpc) is 3.34. The van der Waals surface area contributed by atoms with E-state index in [1.807, 2.05) is 37.3 Å². The predicted molar refractivity (Wildman–Crippen MR) is 114 cm³/mol. The maximum atomic E-state index is 13.2. The van der Waals surface area contributed by atoms with Gasteiger partial charge in [-0.1, -0.05) is 66.7 Å². The Morgan fingerprint density at radius 2 is 1.69 bits per heavy atom. The number of rotatable bonds is 6. The molecular formula is C24H27N3O2. The second-order valence-corrected chi connectivity index (χ2v) is 7.97. The Labute approximate surface area is 171 Å². The summed E-state index contributed by atoms with van der Waals surface area (Å²) in [6.45, 7) is 2.54. The van der Waals surface area contributed by atoms with Crippen molar-refractivity contribution < 1.29 is 9.32 Å². The highest BCUT2D eigenvalue weighted by atomic mass is 16.5. The molecule has 1 aromatic heterocycles. The van der Waals surface area contributed by atoms with Crippen molar-refractivity contribution in [1.29, 1.82) is 0 Å². The van der Waals surface area contributed by atoms with Crippen LogP contribution in [-0.2, 0) is 19.3 Å². The number of likely N-dealkylation sites (N-methyl/N-ethyl adjacent to an activating group) is 1. The maximum absolute atomic E-state index is 13.2. The summed E-state index contributed by atoms with van der Waals surface area (Å²) in [6.07, 6.45) is 2.46. The standard InChI is InChI=1S/C24H27N3O2/c1-4-20-21(22(26-29-20)17-10-6-5-7-11-17)23(28)25-16-24(27(2)3)14-18-12-8-9-13-19(18)15-24/h5-13H,4,14-16H2,1-3H3,(H,25,28). The van der Waals surface area contributed by atoms with Crippen LogP contribution in [0.25, 0.3) is 11.3 Å². The number of aryl methyl sites for hydroxylation is 1. The zero-order valence-corrected chi connectivity index (χ0v) is 17.2. The highest BCUT2D eigenvalue weighted by Gasteiger charge is 2.39. The predicted octanol–water partition coefficient (Wildman–Crippen LogP) is 3.73. The molecular weight excluding hydrogens is 362 g/mol. The summed E-state index contributed by atoms with van der Waals surface area (Å²) in [5.74, 6) is 0.495. The van der Waals surface area contributed by atoms with E-state index in [1.165, 1.54) is 11.1 Å². The largest absolute Gasteiger partial charge is 0.360 e. The number of nitrogens with zero attached hydrogens (tertiary/aromatic N) is 2. The molecule has 3 aromatic rings. The third-order valence-corrected chi connectivity index (χ3v) is 6.04. The average molecular weight is 389 g/mol. The van der Waals surface area contributed by atoms with E-state index in [2.05, 4.69) is 53.7 Å². The molecule has 1 N–H and O–H groups in total. The number of amides is 1. The van der Waals surface area contributed by atoms with Gasteiger partial charge in [0, 0.05) is 24.1 Å². The fourth-order valence-corrected chi connectivity index (χ4v) is 4.20. The Bertz CT molecular complexity index is 983. The zero-order valence-electron chi connectivity index (χ0n) is 17.2. The molecule has 1 aliphatic carbocycles. The van der Waals surface area contributed by atoms with Gasteiger partial charge in [-0.3, -0.25) is 4.79 Å². The van der Waals surface area contributed by atoms with Crippen LogP contribution >= 0.6 is 0 Å². The van der Waals surface area contributed by atoms with Gasteiger partial charge < -0.3 is 14.7 Å². The number of benzene rings is 2. The molecule has 0 bridgehead atoms. The van der Waals surface area contributed by atoms with Gasteiger partial charge in [0.1, 0.15) is 17.0 Å². The molecule has 5 heteroatoms. The number of carbonyl (C=O) groups is 1. The minimum atomic E-state index is -0.129. The van der Waals surface area contributed by atoms with E-state index >= 15 is 0 Å². The third kappa shape index (κ3) is 3.58. The topological polar surface area (TPSA) is 58.4 Å². The van der Waals surface area contributed by atoms with Crippen molar-refractivity contribution in [1.82, 2.24) is 15.4 Å². The molecule has 0 unspecified atom stereocenters. The van der Waals surface area contributed by atoms with E-state index < -0.39 is 0 Å². The molecule has 5 nitrogen and oxygen atoms in total. The van der Waals surface area contributed by atoms with Crippen LogP contribution in [-0.4, -0.2) is 42.1 Å². The van der Waals surface area contributed by atoms with Crippen LogP contribution < -0.4 is 5.32 Å². The van der Waals surface area contributed by atoms with E-state index in [9.17, 15) is 4.79 Å². The van der Waals surface area contributed by atoms with Crippen LogP contribution in [0.1, 0.15) is 34.2 Å². The molecule has 0 spiro atoms. The summed E-state index contributed by atoms with van der Waals surface area (Å²) >= 11 is 0. The zero-order chi connectivity index (χ0) is 20.4. The number of hydrogen-bond acceptors (Lipinski definition) is 4. The third-order valence-electron chi connectivity index (χ3n) is 6.04. The quantitative estimate of drug-likeness (QED) is 0.698. The number of fused-ring (bicyclic) bond motifs is 1. The molecule has 0 atom stereocenters. The molecule has 1 amide bonds. The first-order chi connectivity index (χ1) is 14.0. The van der Waals surface area contributed by atoms with Gasteiger partial charge in [0.2, 0.25) is 0 Å². The SMILES string of the molecule is CCc1onc(-c2ccccc2)c1C(=O)NCC1(N(C)C)Cc2ccccc2C1. The van der Waals surface area contributed by atoms with Crippen molar-refractivity contribution in [3.63, 3.8) is 0 Å². The lowest BCUT2D eigenvalue weighted by Crippen LogP contribution is -2.53. The van der Waals surface area contributed by atoms with Gasteiger partial charge in [-0.25, -0.2) is 0 Å². The highest BCUT2D eigenvalue weighted by Crippen LogP contribution is 2.33. The summed E-state index contributed by atoms with van der Waals surface area (Å²) in [5, 5.41) is 7.38. The Morgan fingerprint density at radius 1 is 1.07 bits per heavy atom. The molecule has 4 rings (SSSR count). The second kappa shape index (κ2) is 7.84. The number of hydrogen-bond donors (Lipinski definition) is 1. The lowest BCUT2D eigenvalue weighted by atomic mass is 9.93. The molecule has 0 aliphatic heterocycles. The fourth-order valence-electron chi connectivity index (χ4n) is 4.20. The Kier molecular flexibility index (Phi) is 5.24. The van der Waals surface area contributed by atoms with E-state index in [-0.39, 0.29) is 11.4 Å². The molecule has 0 saturated heterocycles. The first kappa shape index (κ1) is 19.4. The summed E-state index contributed by atoms with van der Waals surface area (Å²) in [7, 11) is 4.18. The smallest absolute Gasteiger partial charge is 0.257 e. The fraction of sp³-hybridized carbons (Fsp3) is 0.333. The van der Waals surface area contributed by atoms with E-state index in [4.69, 9.17) is 4.52 Å². The Morgan fingerprint density at radius 3 is 2.28 bits per heavy atom. The monoisotopic (exact) mass is 389 g/mol. The summed E-state index contributed by atoms with van der Waals surface area (Å²) in [4.78, 5) is 15.5. The van der Waals surface area contributed by atoms with Crippen LogP contribution in [0.4, 0.5) is 0 Å². The molecule has 2 aromatic carbocycles. The van der Waals surface area contributed by atoms with Gasteiger partial charge in [-0.05, 0) is 38.1 Å². The molecule has 0 saturated carbocycles. The van der Waals surface area contributed by atoms with Crippen molar-refractivity contribution in [2.24, 2.45) is 0 Å². The van der Waals surface area contributed by atoms with Gasteiger partial charge in [0.15, 0.2) is 0 Å². The minimum Gasteiger partial charge on any atom is -0.360 e. The molecule has 0 radical (unpaired) electrons. The Balaban J connectivity index is 1.58. The van der Waals surface area contributed by atoms with Crippen LogP contribution in [0.15, 0.2) is 59.1 Å². The number of nitrogens with one attached hydrogen (secondary N) is 1. The lowest BCUT2D eigenvalue weighted by molar-refractivity contribution is 0.0901. The highest BCUT2D eigenvalue weighted by molar-refractivity contribution is 6.00. The number of aromatic nitrogens is 1. The van der Waals surface area contributed by atoms with Crippen LogP contribution in [0.2, 0.25) is 0 Å². The molecule has 29 heavy (non-hydrogen) atoms. The lowest BCUT2D eigenvalue weighted by Gasteiger charge is -2.36. The summed E-state index contributed by atoms with van der Waals surface area (Å²) in [5.41, 5.74) is 4.63. The van der Waals surface area contributed by atoms with Crippen LogP contribution in [0, 0.1) is 0 Å². The van der Waals surface area contributed by atoms with E-state index in [0.29, 0.717) is 30.0 Å². The van der Waals surface area contributed by atoms with E-state index in [1.54, 1.807) is 0 Å². The first-order valence-electron chi connectivity index (χ1n) is 10.1. The molecule has 150 valence electrons. The van der Waals surface area contributed by atoms with Gasteiger partial charge >= 0.3 is 0 Å². The van der Waals surface area contributed by atoms with Crippen LogP contribution in [0.5, 0.6) is 0 Å². The maximum Gasteiger partial charge on any atom is 0.257 e. The van der Waals surface area contributed by atoms with Crippen LogP contribution in [0.3, 0.4) is 0 Å². The van der Waals surface area contributed by atoms with Crippen molar-refractivity contribution >= 4 is 5.91 Å².